The van der Waals surface area contributed by atoms with Gasteiger partial charge in [-0.15, -0.1) is 0 Å². The van der Waals surface area contributed by atoms with Crippen LogP contribution in [0.15, 0.2) is 24.3 Å². The smallest absolute Gasteiger partial charge is 0.186 e. The maximum Gasteiger partial charge on any atom is 0.186 e. The number of nitrogens with zero attached hydrogens (tertiary/aromatic N) is 4. The van der Waals surface area contributed by atoms with E-state index in [0.29, 0.717) is 4.70 Å². The van der Waals surface area contributed by atoms with Crippen molar-refractivity contribution in [1.82, 2.24) is 9.97 Å². The summed E-state index contributed by atoms with van der Waals surface area (Å²) in [5, 5.41) is 1.70. The normalized spacial score (nSPS) is 14.9. The van der Waals surface area contributed by atoms with Crippen molar-refractivity contribution in [3.05, 3.63) is 41.5 Å². The number of aromatic nitrogens is 2. The van der Waals surface area contributed by atoms with Gasteiger partial charge in [0.25, 0.3) is 0 Å². The molecule has 0 atom stereocenters. The molecular formula is C20H18F2N4OS2. The molecule has 0 bridgehead atoms. The molecule has 150 valence electrons. The summed E-state index contributed by atoms with van der Waals surface area (Å²) in [6, 6.07) is 6.23. The molecule has 1 aliphatic rings. The fraction of sp³-hybridized carbons (Fsp3) is 0.300. The lowest BCUT2D eigenvalue weighted by molar-refractivity contribution is 0.419. The Kier molecular flexibility index (Phi) is 4.51. The average Bonchev–Trinajstić information content (AvgIpc) is 3.34. The number of hydrogen-bond donors (Lipinski definition) is 0. The summed E-state index contributed by atoms with van der Waals surface area (Å²) >= 11 is 3.00. The third kappa shape index (κ3) is 3.18. The molecular weight excluding hydrogens is 414 g/mol. The molecule has 29 heavy (non-hydrogen) atoms. The lowest BCUT2D eigenvalue weighted by Crippen LogP contribution is -2.46. The standard InChI is InChI=1S/C20H18F2N4OS2/c1-11-3-4-14(27-2)17-18(11)29-20(24-17)26-7-5-25(6-8-26)19-23-16-13(22)9-12(21)10-15(16)28-19/h3-4,9-10H,5-8H2,1-2H3. The predicted octanol–water partition coefficient (Wildman–Crippen LogP) is 4.83. The van der Waals surface area contributed by atoms with E-state index in [1.807, 2.05) is 6.07 Å². The van der Waals surface area contributed by atoms with Gasteiger partial charge in [-0.25, -0.2) is 18.7 Å². The zero-order valence-corrected chi connectivity index (χ0v) is 17.5. The molecule has 2 aromatic heterocycles. The van der Waals surface area contributed by atoms with Crippen molar-refractivity contribution < 1.29 is 13.5 Å². The van der Waals surface area contributed by atoms with Crippen LogP contribution in [0.5, 0.6) is 5.75 Å². The highest BCUT2D eigenvalue weighted by Gasteiger charge is 2.24. The Morgan fingerprint density at radius 3 is 2.28 bits per heavy atom. The van der Waals surface area contributed by atoms with E-state index >= 15 is 0 Å². The van der Waals surface area contributed by atoms with Crippen LogP contribution in [0, 0.1) is 18.6 Å². The number of aryl methyl sites for hydroxylation is 1. The molecule has 5 nitrogen and oxygen atoms in total. The molecule has 1 aliphatic heterocycles. The van der Waals surface area contributed by atoms with Gasteiger partial charge in [0.05, 0.1) is 16.5 Å². The Morgan fingerprint density at radius 2 is 1.59 bits per heavy atom. The molecule has 5 rings (SSSR count). The molecule has 9 heteroatoms. The van der Waals surface area contributed by atoms with Gasteiger partial charge < -0.3 is 14.5 Å². The van der Waals surface area contributed by atoms with E-state index in [1.54, 1.807) is 18.4 Å². The second-order valence-corrected chi connectivity index (χ2v) is 8.95. The van der Waals surface area contributed by atoms with Crippen LogP contribution in [0.25, 0.3) is 20.4 Å². The highest BCUT2D eigenvalue weighted by Crippen LogP contribution is 2.37. The summed E-state index contributed by atoms with van der Waals surface area (Å²) in [5.74, 6) is -0.396. The largest absolute Gasteiger partial charge is 0.494 e. The van der Waals surface area contributed by atoms with E-state index in [-0.39, 0.29) is 5.52 Å². The summed E-state index contributed by atoms with van der Waals surface area (Å²) in [4.78, 5) is 13.6. The molecule has 0 saturated carbocycles. The van der Waals surface area contributed by atoms with Crippen molar-refractivity contribution in [3.8, 4) is 5.75 Å². The second-order valence-electron chi connectivity index (χ2n) is 6.96. The van der Waals surface area contributed by atoms with E-state index in [4.69, 9.17) is 9.72 Å². The van der Waals surface area contributed by atoms with Gasteiger partial charge in [-0.1, -0.05) is 28.7 Å². The SMILES string of the molecule is COc1ccc(C)c2sc(N3CCN(c4nc5c(F)cc(F)cc5s4)CC3)nc12. The van der Waals surface area contributed by atoms with Crippen LogP contribution in [0.2, 0.25) is 0 Å². The zero-order chi connectivity index (χ0) is 20.1. The Hall–Kier alpha value is -2.52. The fourth-order valence-corrected chi connectivity index (χ4v) is 5.73. The first-order valence-electron chi connectivity index (χ1n) is 9.23. The van der Waals surface area contributed by atoms with Gasteiger partial charge in [-0.05, 0) is 24.6 Å². The molecule has 0 radical (unpaired) electrons. The van der Waals surface area contributed by atoms with Gasteiger partial charge in [0.15, 0.2) is 16.1 Å². The first kappa shape index (κ1) is 18.5. The highest BCUT2D eigenvalue weighted by molar-refractivity contribution is 7.22. The van der Waals surface area contributed by atoms with Crippen molar-refractivity contribution in [2.75, 3.05) is 43.1 Å². The summed E-state index contributed by atoms with van der Waals surface area (Å²) in [7, 11) is 1.66. The molecule has 0 unspecified atom stereocenters. The first-order valence-corrected chi connectivity index (χ1v) is 10.9. The van der Waals surface area contributed by atoms with E-state index in [2.05, 4.69) is 27.8 Å². The topological polar surface area (TPSA) is 41.5 Å². The second kappa shape index (κ2) is 7.07. The van der Waals surface area contributed by atoms with E-state index in [0.717, 1.165) is 58.5 Å². The minimum atomic E-state index is -0.611. The predicted molar refractivity (Wildman–Crippen MR) is 115 cm³/mol. The quantitative estimate of drug-likeness (QED) is 0.464. The summed E-state index contributed by atoms with van der Waals surface area (Å²) in [6.07, 6.45) is 0. The van der Waals surface area contributed by atoms with Crippen LogP contribution in [-0.2, 0) is 0 Å². The van der Waals surface area contributed by atoms with Crippen LogP contribution in [0.3, 0.4) is 0 Å². The third-order valence-electron chi connectivity index (χ3n) is 5.13. The Balaban J connectivity index is 1.37. The van der Waals surface area contributed by atoms with Crippen LogP contribution >= 0.6 is 22.7 Å². The Morgan fingerprint density at radius 1 is 0.931 bits per heavy atom. The number of halogens is 2. The van der Waals surface area contributed by atoms with Crippen molar-refractivity contribution in [2.45, 2.75) is 6.92 Å². The lowest BCUT2D eigenvalue weighted by Gasteiger charge is -2.34. The summed E-state index contributed by atoms with van der Waals surface area (Å²) in [6.45, 7) is 5.14. The minimum absolute atomic E-state index is 0.238. The number of ether oxygens (including phenoxy) is 1. The number of piperazine rings is 1. The number of fused-ring (bicyclic) bond motifs is 2. The van der Waals surface area contributed by atoms with E-state index in [1.165, 1.54) is 23.0 Å². The molecule has 1 saturated heterocycles. The van der Waals surface area contributed by atoms with Crippen LogP contribution in [0.4, 0.5) is 19.0 Å². The minimum Gasteiger partial charge on any atom is -0.494 e. The average molecular weight is 433 g/mol. The number of benzene rings is 2. The maximum atomic E-state index is 14.0. The van der Waals surface area contributed by atoms with Gasteiger partial charge in [0.2, 0.25) is 0 Å². The molecule has 0 amide bonds. The van der Waals surface area contributed by atoms with Crippen molar-refractivity contribution in [1.29, 1.82) is 0 Å². The molecule has 0 N–H and O–H groups in total. The highest BCUT2D eigenvalue weighted by atomic mass is 32.1. The summed E-state index contributed by atoms with van der Waals surface area (Å²) < 4.78 is 34.6. The van der Waals surface area contributed by atoms with Crippen molar-refractivity contribution >= 4 is 53.4 Å². The molecule has 2 aromatic carbocycles. The number of methoxy groups -OCH3 is 1. The van der Waals surface area contributed by atoms with Crippen LogP contribution in [-0.4, -0.2) is 43.3 Å². The van der Waals surface area contributed by atoms with Crippen LogP contribution in [0.1, 0.15) is 5.56 Å². The molecule has 0 spiro atoms. The number of hydrogen-bond acceptors (Lipinski definition) is 7. The number of thiazole rings is 2. The van der Waals surface area contributed by atoms with E-state index < -0.39 is 11.6 Å². The third-order valence-corrected chi connectivity index (χ3v) is 7.45. The number of rotatable bonds is 3. The molecule has 1 fully saturated rings. The van der Waals surface area contributed by atoms with Gasteiger partial charge >= 0.3 is 0 Å². The van der Waals surface area contributed by atoms with Gasteiger partial charge in [-0.3, -0.25) is 0 Å². The van der Waals surface area contributed by atoms with Gasteiger partial charge in [-0.2, -0.15) is 0 Å². The van der Waals surface area contributed by atoms with Gasteiger partial charge in [0.1, 0.15) is 22.6 Å². The first-order chi connectivity index (χ1) is 14.0. The molecule has 0 aliphatic carbocycles. The monoisotopic (exact) mass is 432 g/mol. The number of anilines is 2. The van der Waals surface area contributed by atoms with E-state index in [9.17, 15) is 8.78 Å². The Labute approximate surface area is 174 Å². The van der Waals surface area contributed by atoms with Gasteiger partial charge in [0, 0.05) is 32.2 Å². The maximum absolute atomic E-state index is 14.0. The Bertz CT molecular complexity index is 1210. The lowest BCUT2D eigenvalue weighted by atomic mass is 10.2. The fourth-order valence-electron chi connectivity index (χ4n) is 3.57. The van der Waals surface area contributed by atoms with Crippen molar-refractivity contribution in [3.63, 3.8) is 0 Å². The zero-order valence-electron chi connectivity index (χ0n) is 15.9. The van der Waals surface area contributed by atoms with Crippen molar-refractivity contribution in [2.24, 2.45) is 0 Å². The summed E-state index contributed by atoms with van der Waals surface area (Å²) in [5.41, 5.74) is 2.33. The molecule has 3 heterocycles. The molecule has 4 aromatic rings. The van der Waals surface area contributed by atoms with Crippen LogP contribution < -0.4 is 14.5 Å².